The molecule has 0 heterocycles. The van der Waals surface area contributed by atoms with Crippen molar-refractivity contribution in [2.75, 3.05) is 0 Å². The van der Waals surface area contributed by atoms with Crippen LogP contribution in [0.15, 0.2) is 0 Å². The molecule has 0 amide bonds. The SMILES string of the molecule is F.[AlH3].[AlH3].[O]=[Cr](=[O])([F])[F]. The molecule has 0 spiro atoms. The molecule has 0 aliphatic rings. The molecule has 0 atom stereocenters. The van der Waals surface area contributed by atoms with Crippen LogP contribution < -0.4 is 0 Å². The quantitative estimate of drug-likeness (QED) is 0.442. The van der Waals surface area contributed by atoms with Crippen molar-refractivity contribution in [2.24, 2.45) is 0 Å². The van der Waals surface area contributed by atoms with Gasteiger partial charge < -0.3 is 0 Å². The van der Waals surface area contributed by atoms with E-state index >= 15 is 0 Å². The van der Waals surface area contributed by atoms with Crippen LogP contribution in [0, 0.1) is 0 Å². The Balaban J connectivity index is -0.0000000267. The fraction of sp³-hybridized carbons (Fsp3) is 0. The van der Waals surface area contributed by atoms with E-state index in [1.807, 2.05) is 0 Å². The Morgan fingerprint density at radius 1 is 1.00 bits per heavy atom. The molecule has 8 heavy (non-hydrogen) atoms. The van der Waals surface area contributed by atoms with Gasteiger partial charge in [0.1, 0.15) is 0 Å². The molecule has 0 aromatic rings. The summed E-state index contributed by atoms with van der Waals surface area (Å²) in [5, 5.41) is 0. The van der Waals surface area contributed by atoms with Gasteiger partial charge in [-0.05, 0) is 0 Å². The van der Waals surface area contributed by atoms with E-state index in [2.05, 4.69) is 0 Å². The summed E-state index contributed by atoms with van der Waals surface area (Å²) in [4.78, 5) is 0. The van der Waals surface area contributed by atoms with Crippen LogP contribution in [0.5, 0.6) is 0 Å². The molecule has 0 bridgehead atoms. The van der Waals surface area contributed by atoms with Gasteiger partial charge in [-0.2, -0.15) is 0 Å². The van der Waals surface area contributed by atoms with Gasteiger partial charge in [-0.1, -0.05) is 0 Å². The Hall–Kier alpha value is 0.987. The summed E-state index contributed by atoms with van der Waals surface area (Å²) in [6.45, 7) is 0. The summed E-state index contributed by atoms with van der Waals surface area (Å²) in [6.07, 6.45) is 0. The molecule has 0 aromatic heterocycles. The van der Waals surface area contributed by atoms with E-state index in [9.17, 15) is 7.05 Å². The van der Waals surface area contributed by atoms with Crippen molar-refractivity contribution >= 4 is 34.7 Å². The van der Waals surface area contributed by atoms with Gasteiger partial charge in [0.25, 0.3) is 0 Å². The second-order valence-electron chi connectivity index (χ2n) is 0.378. The minimum atomic E-state index is -6.25. The molecule has 2 nitrogen and oxygen atoms in total. The zero-order valence-electron chi connectivity index (χ0n) is 2.39. The molecule has 0 saturated heterocycles. The first kappa shape index (κ1) is 23.1. The van der Waals surface area contributed by atoms with Crippen LogP contribution in [-0.2, 0) is 21.5 Å². The molecule has 0 N–H and O–H groups in total. The first-order valence-electron chi connectivity index (χ1n) is 0.642. The summed E-state index contributed by atoms with van der Waals surface area (Å²) in [5.41, 5.74) is 0. The molecule has 0 aromatic carbocycles. The number of hydrogen-bond acceptors (Lipinski definition) is 2. The Labute approximate surface area is 67.9 Å². The molecule has 52 valence electrons. The Kier molecular flexibility index (Phi) is 23.0. The second kappa shape index (κ2) is 7.99. The summed E-state index contributed by atoms with van der Waals surface area (Å²) < 4.78 is 36.9. The van der Waals surface area contributed by atoms with Crippen LogP contribution in [0.2, 0.25) is 0 Å². The number of hydrogen-bond donors (Lipinski definition) is 0. The monoisotopic (exact) mass is 202 g/mol. The summed E-state index contributed by atoms with van der Waals surface area (Å²) in [6, 6.07) is 0. The molecule has 0 aliphatic carbocycles. The molecule has 0 unspecified atom stereocenters. The van der Waals surface area contributed by atoms with Crippen LogP contribution in [0.1, 0.15) is 0 Å². The summed E-state index contributed by atoms with van der Waals surface area (Å²) in [7, 11) is 0. The minimum absolute atomic E-state index is 0. The molecular formula is H7Al2CrF3O2. The summed E-state index contributed by atoms with van der Waals surface area (Å²) in [5.74, 6) is 0. The van der Waals surface area contributed by atoms with E-state index in [0.29, 0.717) is 0 Å². The van der Waals surface area contributed by atoms with Crippen molar-refractivity contribution in [1.29, 1.82) is 0 Å². The van der Waals surface area contributed by atoms with Gasteiger partial charge >= 0.3 is 28.5 Å². The third-order valence-corrected chi connectivity index (χ3v) is 0. The molecule has 0 aliphatic heterocycles. The molecule has 0 fully saturated rings. The standard InChI is InChI=1S/2Al.Cr.3FH.2O.6H/h;;;3*1H;;;;;;;;/q;;+2;;;;;;;;;;;/p-2. The van der Waals surface area contributed by atoms with Gasteiger partial charge in [0.05, 0.1) is 0 Å². The van der Waals surface area contributed by atoms with Gasteiger partial charge in [-0.25, -0.2) is 0 Å². The predicted molar refractivity (Wildman–Crippen MR) is 26.0 cm³/mol. The number of halogens is 3. The van der Waals surface area contributed by atoms with E-state index in [1.165, 1.54) is 0 Å². The Bertz CT molecular complexity index is 98.5. The van der Waals surface area contributed by atoms with E-state index in [4.69, 9.17) is 7.61 Å². The normalized spacial score (nSPS) is 7.25. The molecule has 0 rings (SSSR count). The van der Waals surface area contributed by atoms with E-state index in [0.717, 1.165) is 0 Å². The topological polar surface area (TPSA) is 34.1 Å². The van der Waals surface area contributed by atoms with Crippen molar-refractivity contribution in [3.05, 3.63) is 0 Å². The van der Waals surface area contributed by atoms with Crippen LogP contribution in [0.3, 0.4) is 0 Å². The molecular weight excluding hydrogens is 195 g/mol. The van der Waals surface area contributed by atoms with Gasteiger partial charge in [0.2, 0.25) is 0 Å². The molecule has 8 heteroatoms. The number of rotatable bonds is 0. The zero-order chi connectivity index (χ0) is 4.50. The Morgan fingerprint density at radius 3 is 1.00 bits per heavy atom. The van der Waals surface area contributed by atoms with Crippen LogP contribution >= 0.6 is 0 Å². The first-order chi connectivity index (χ1) is 2.00. The van der Waals surface area contributed by atoms with Gasteiger partial charge in [-0.15, -0.1) is 0 Å². The van der Waals surface area contributed by atoms with Gasteiger partial charge in [0.15, 0.2) is 34.7 Å². The van der Waals surface area contributed by atoms with Crippen molar-refractivity contribution in [2.45, 2.75) is 0 Å². The van der Waals surface area contributed by atoms with Crippen molar-refractivity contribution < 1.29 is 33.2 Å². The molecule has 0 radical (unpaired) electrons. The van der Waals surface area contributed by atoms with E-state index in [1.54, 1.807) is 0 Å². The zero-order valence-corrected chi connectivity index (χ0v) is 3.66. The summed E-state index contributed by atoms with van der Waals surface area (Å²) >= 11 is -6.25. The third kappa shape index (κ3) is 257. The first-order valence-corrected chi connectivity index (χ1v) is 2.65. The predicted octanol–water partition coefficient (Wildman–Crippen LogP) is -1.62. The fourth-order valence-electron chi connectivity index (χ4n) is 0. The van der Waals surface area contributed by atoms with Crippen molar-refractivity contribution in [1.82, 2.24) is 0 Å². The van der Waals surface area contributed by atoms with Crippen molar-refractivity contribution in [3.63, 3.8) is 0 Å². The van der Waals surface area contributed by atoms with E-state index < -0.39 is 13.9 Å². The third-order valence-electron chi connectivity index (χ3n) is 0. The van der Waals surface area contributed by atoms with E-state index in [-0.39, 0.29) is 39.4 Å². The maximum absolute atomic E-state index is 10.1. The van der Waals surface area contributed by atoms with Gasteiger partial charge in [0, 0.05) is 0 Å². The van der Waals surface area contributed by atoms with Crippen LogP contribution in [-0.4, -0.2) is 34.7 Å². The van der Waals surface area contributed by atoms with Crippen molar-refractivity contribution in [3.8, 4) is 0 Å². The fourth-order valence-corrected chi connectivity index (χ4v) is 0. The van der Waals surface area contributed by atoms with Crippen LogP contribution in [0.25, 0.3) is 0 Å². The Morgan fingerprint density at radius 2 is 1.00 bits per heavy atom. The average molecular weight is 202 g/mol. The molecule has 0 saturated carbocycles. The van der Waals surface area contributed by atoms with Gasteiger partial charge in [-0.3, -0.25) is 4.70 Å². The van der Waals surface area contributed by atoms with Crippen LogP contribution in [0.4, 0.5) is 11.8 Å². The maximum atomic E-state index is 10.1. The average Bonchev–Trinajstić information content (AvgIpc) is 0.722. The second-order valence-corrected chi connectivity index (χ2v) is 1.56.